The summed E-state index contributed by atoms with van der Waals surface area (Å²) in [6, 6.07) is 12.8. The van der Waals surface area contributed by atoms with Crippen LogP contribution in [0, 0.1) is 13.8 Å². The maximum Gasteiger partial charge on any atom is 0.258 e. The largest absolute Gasteiger partial charge is 0.343 e. The maximum atomic E-state index is 12.3. The van der Waals surface area contributed by atoms with E-state index in [4.69, 9.17) is 4.52 Å². The summed E-state index contributed by atoms with van der Waals surface area (Å²) in [5.41, 5.74) is 3.88. The van der Waals surface area contributed by atoms with Crippen molar-refractivity contribution in [1.82, 2.24) is 15.5 Å². The van der Waals surface area contributed by atoms with Crippen LogP contribution in [0.4, 0.5) is 5.69 Å². The average Bonchev–Trinajstić information content (AvgIpc) is 3.42. The number of amides is 2. The number of rotatable bonds is 6. The van der Waals surface area contributed by atoms with E-state index < -0.39 is 0 Å². The van der Waals surface area contributed by atoms with Crippen molar-refractivity contribution < 1.29 is 14.1 Å². The zero-order valence-electron chi connectivity index (χ0n) is 16.4. The molecule has 0 bridgehead atoms. The van der Waals surface area contributed by atoms with Crippen LogP contribution in [-0.2, 0) is 4.79 Å². The van der Waals surface area contributed by atoms with Gasteiger partial charge < -0.3 is 15.2 Å². The average molecular weight is 390 g/mol. The Kier molecular flexibility index (Phi) is 5.12. The highest BCUT2D eigenvalue weighted by Gasteiger charge is 2.29. The van der Waals surface area contributed by atoms with Crippen LogP contribution in [0.5, 0.6) is 0 Å². The fourth-order valence-electron chi connectivity index (χ4n) is 3.16. The highest BCUT2D eigenvalue weighted by molar-refractivity contribution is 5.99. The van der Waals surface area contributed by atoms with Gasteiger partial charge in [-0.2, -0.15) is 4.98 Å². The van der Waals surface area contributed by atoms with Gasteiger partial charge in [-0.3, -0.25) is 9.59 Å². The Morgan fingerprint density at radius 1 is 1.10 bits per heavy atom. The third kappa shape index (κ3) is 4.68. The number of nitrogens with one attached hydrogen (secondary N) is 2. The Hall–Kier alpha value is -3.48. The van der Waals surface area contributed by atoms with E-state index in [0.29, 0.717) is 23.1 Å². The Morgan fingerprint density at radius 2 is 1.86 bits per heavy atom. The molecule has 7 heteroatoms. The molecule has 1 fully saturated rings. The van der Waals surface area contributed by atoms with Crippen molar-refractivity contribution in [3.8, 4) is 11.5 Å². The normalized spacial score (nSPS) is 13.2. The van der Waals surface area contributed by atoms with Gasteiger partial charge in [-0.1, -0.05) is 28.4 Å². The number of hydrogen-bond acceptors (Lipinski definition) is 5. The summed E-state index contributed by atoms with van der Waals surface area (Å²) >= 11 is 0. The molecule has 1 aliphatic rings. The standard InChI is InChI=1S/C22H22N4O3/c1-13-8-14(2)10-17(9-13)21(28)23-12-19(27)24-18-5-3-4-16(11-18)22-25-20(26-29-22)15-6-7-15/h3-5,8-11,15H,6-7,12H2,1-2H3,(H,23,28)(H,24,27). The Bertz CT molecular complexity index is 1050. The molecule has 2 amide bonds. The smallest absolute Gasteiger partial charge is 0.258 e. The number of carbonyl (C=O) groups is 2. The van der Waals surface area contributed by atoms with E-state index in [1.54, 1.807) is 30.3 Å². The molecule has 2 aromatic carbocycles. The lowest BCUT2D eigenvalue weighted by Gasteiger charge is -2.09. The van der Waals surface area contributed by atoms with Crippen molar-refractivity contribution in [2.45, 2.75) is 32.6 Å². The summed E-state index contributed by atoms with van der Waals surface area (Å²) in [5, 5.41) is 9.44. The third-order valence-corrected chi connectivity index (χ3v) is 4.67. The molecule has 3 aromatic rings. The van der Waals surface area contributed by atoms with Crippen molar-refractivity contribution in [3.05, 3.63) is 65.0 Å². The van der Waals surface area contributed by atoms with E-state index in [9.17, 15) is 9.59 Å². The molecule has 1 aromatic heterocycles. The molecule has 0 atom stereocenters. The van der Waals surface area contributed by atoms with Crippen molar-refractivity contribution in [2.75, 3.05) is 11.9 Å². The number of hydrogen-bond donors (Lipinski definition) is 2. The Morgan fingerprint density at radius 3 is 2.59 bits per heavy atom. The van der Waals surface area contributed by atoms with Gasteiger partial charge in [0.15, 0.2) is 5.82 Å². The molecule has 1 saturated carbocycles. The van der Waals surface area contributed by atoms with E-state index in [1.165, 1.54) is 0 Å². The number of aryl methyl sites for hydroxylation is 2. The number of aromatic nitrogens is 2. The van der Waals surface area contributed by atoms with E-state index in [0.717, 1.165) is 35.4 Å². The second-order valence-electron chi connectivity index (χ2n) is 7.42. The summed E-state index contributed by atoms with van der Waals surface area (Å²) in [4.78, 5) is 29.0. The second kappa shape index (κ2) is 7.87. The molecular weight excluding hydrogens is 368 g/mol. The lowest BCUT2D eigenvalue weighted by Crippen LogP contribution is -2.32. The van der Waals surface area contributed by atoms with Crippen LogP contribution in [0.3, 0.4) is 0 Å². The summed E-state index contributed by atoms with van der Waals surface area (Å²) in [6.07, 6.45) is 2.20. The minimum absolute atomic E-state index is 0.123. The van der Waals surface area contributed by atoms with Gasteiger partial charge in [-0.15, -0.1) is 0 Å². The molecule has 0 aliphatic heterocycles. The van der Waals surface area contributed by atoms with Crippen LogP contribution in [0.1, 0.15) is 46.1 Å². The van der Waals surface area contributed by atoms with Gasteiger partial charge >= 0.3 is 0 Å². The van der Waals surface area contributed by atoms with Crippen LogP contribution in [0.25, 0.3) is 11.5 Å². The first-order valence-electron chi connectivity index (χ1n) is 9.58. The maximum absolute atomic E-state index is 12.3. The molecule has 148 valence electrons. The Labute approximate surface area is 168 Å². The van der Waals surface area contributed by atoms with Gasteiger partial charge in [0, 0.05) is 22.7 Å². The molecule has 0 spiro atoms. The number of benzene rings is 2. The number of carbonyl (C=O) groups excluding carboxylic acids is 2. The zero-order valence-corrected chi connectivity index (χ0v) is 16.4. The molecular formula is C22H22N4O3. The van der Waals surface area contributed by atoms with Crippen molar-refractivity contribution in [1.29, 1.82) is 0 Å². The monoisotopic (exact) mass is 390 g/mol. The van der Waals surface area contributed by atoms with E-state index in [2.05, 4.69) is 20.8 Å². The van der Waals surface area contributed by atoms with Gasteiger partial charge in [0.05, 0.1) is 6.54 Å². The molecule has 0 radical (unpaired) electrons. The molecule has 1 aliphatic carbocycles. The predicted octanol–water partition coefficient (Wildman–Crippen LogP) is 3.60. The summed E-state index contributed by atoms with van der Waals surface area (Å²) in [6.45, 7) is 3.74. The summed E-state index contributed by atoms with van der Waals surface area (Å²) in [7, 11) is 0. The molecule has 0 unspecified atom stereocenters. The first-order chi connectivity index (χ1) is 14.0. The number of anilines is 1. The van der Waals surface area contributed by atoms with Crippen LogP contribution >= 0.6 is 0 Å². The molecule has 0 saturated heterocycles. The lowest BCUT2D eigenvalue weighted by atomic mass is 10.1. The van der Waals surface area contributed by atoms with Gasteiger partial charge in [0.2, 0.25) is 5.91 Å². The topological polar surface area (TPSA) is 97.1 Å². The molecule has 29 heavy (non-hydrogen) atoms. The third-order valence-electron chi connectivity index (χ3n) is 4.67. The van der Waals surface area contributed by atoms with Gasteiger partial charge in [-0.05, 0) is 57.0 Å². The van der Waals surface area contributed by atoms with E-state index >= 15 is 0 Å². The van der Waals surface area contributed by atoms with Crippen LogP contribution in [-0.4, -0.2) is 28.5 Å². The van der Waals surface area contributed by atoms with Crippen LogP contribution < -0.4 is 10.6 Å². The molecule has 4 rings (SSSR count). The van der Waals surface area contributed by atoms with Crippen molar-refractivity contribution >= 4 is 17.5 Å². The molecule has 1 heterocycles. The second-order valence-corrected chi connectivity index (χ2v) is 7.42. The fourth-order valence-corrected chi connectivity index (χ4v) is 3.16. The van der Waals surface area contributed by atoms with E-state index in [-0.39, 0.29) is 18.4 Å². The van der Waals surface area contributed by atoms with Crippen LogP contribution in [0.2, 0.25) is 0 Å². The quantitative estimate of drug-likeness (QED) is 0.670. The van der Waals surface area contributed by atoms with Gasteiger partial charge in [0.1, 0.15) is 0 Å². The number of nitrogens with zero attached hydrogens (tertiary/aromatic N) is 2. The highest BCUT2D eigenvalue weighted by Crippen LogP contribution is 2.38. The molecule has 7 nitrogen and oxygen atoms in total. The Balaban J connectivity index is 1.36. The highest BCUT2D eigenvalue weighted by atomic mass is 16.5. The summed E-state index contributed by atoms with van der Waals surface area (Å²) in [5.74, 6) is 0.995. The minimum Gasteiger partial charge on any atom is -0.343 e. The lowest BCUT2D eigenvalue weighted by molar-refractivity contribution is -0.115. The fraction of sp³-hybridized carbons (Fsp3) is 0.273. The first kappa shape index (κ1) is 18.9. The van der Waals surface area contributed by atoms with Crippen molar-refractivity contribution in [3.63, 3.8) is 0 Å². The van der Waals surface area contributed by atoms with Crippen LogP contribution in [0.15, 0.2) is 47.0 Å². The molecule has 2 N–H and O–H groups in total. The SMILES string of the molecule is Cc1cc(C)cc(C(=O)NCC(=O)Nc2cccc(-c3nc(C4CC4)no3)c2)c1. The zero-order chi connectivity index (χ0) is 20.4. The van der Waals surface area contributed by atoms with E-state index in [1.807, 2.05) is 26.0 Å². The minimum atomic E-state index is -0.316. The summed E-state index contributed by atoms with van der Waals surface area (Å²) < 4.78 is 5.33. The van der Waals surface area contributed by atoms with Gasteiger partial charge in [0.25, 0.3) is 11.8 Å². The first-order valence-corrected chi connectivity index (χ1v) is 9.58. The van der Waals surface area contributed by atoms with Gasteiger partial charge in [-0.25, -0.2) is 0 Å². The predicted molar refractivity (Wildman–Crippen MR) is 109 cm³/mol. The van der Waals surface area contributed by atoms with Crippen molar-refractivity contribution in [2.24, 2.45) is 0 Å².